The molecule has 0 amide bonds. The van der Waals surface area contributed by atoms with E-state index in [0.717, 1.165) is 18.5 Å². The van der Waals surface area contributed by atoms with Crippen LogP contribution in [0, 0.1) is 18.6 Å². The Morgan fingerprint density at radius 1 is 1.10 bits per heavy atom. The summed E-state index contributed by atoms with van der Waals surface area (Å²) in [6.45, 7) is 4.49. The molecule has 0 aliphatic rings. The van der Waals surface area contributed by atoms with Gasteiger partial charge in [0.05, 0.1) is 6.04 Å². The molecule has 1 atom stereocenters. The van der Waals surface area contributed by atoms with Crippen molar-refractivity contribution in [1.29, 1.82) is 0 Å². The van der Waals surface area contributed by atoms with Crippen molar-refractivity contribution < 1.29 is 8.78 Å². The molecule has 112 valence electrons. The molecule has 0 saturated carbocycles. The quantitative estimate of drug-likeness (QED) is 0.785. The van der Waals surface area contributed by atoms with Gasteiger partial charge in [-0.15, -0.1) is 0 Å². The molecule has 0 aliphatic carbocycles. The molecule has 0 spiro atoms. The van der Waals surface area contributed by atoms with Crippen LogP contribution < -0.4 is 5.32 Å². The number of rotatable bonds is 5. The van der Waals surface area contributed by atoms with Crippen LogP contribution in [0.25, 0.3) is 0 Å². The zero-order chi connectivity index (χ0) is 15.4. The fraction of sp³-hybridized carbons (Fsp3) is 0.294. The van der Waals surface area contributed by atoms with E-state index in [0.29, 0.717) is 15.6 Å². The third-order valence-electron chi connectivity index (χ3n) is 3.40. The van der Waals surface area contributed by atoms with Crippen LogP contribution >= 0.6 is 15.9 Å². The summed E-state index contributed by atoms with van der Waals surface area (Å²) in [7, 11) is 0. The first-order valence-corrected chi connectivity index (χ1v) is 7.76. The summed E-state index contributed by atoms with van der Waals surface area (Å²) in [5.74, 6) is -0.577. The SMILES string of the molecule is CCCNC(c1ccc(C)c(F)c1)c1ccc(Br)cc1F. The van der Waals surface area contributed by atoms with Crippen LogP contribution in [0.1, 0.15) is 36.1 Å². The van der Waals surface area contributed by atoms with Gasteiger partial charge in [-0.1, -0.05) is 41.1 Å². The Kier molecular flexibility index (Phi) is 5.48. The van der Waals surface area contributed by atoms with Crippen LogP contribution in [0.2, 0.25) is 0 Å². The van der Waals surface area contributed by atoms with E-state index in [1.165, 1.54) is 12.1 Å². The van der Waals surface area contributed by atoms with Gasteiger partial charge in [-0.2, -0.15) is 0 Å². The van der Waals surface area contributed by atoms with Crippen molar-refractivity contribution in [2.45, 2.75) is 26.3 Å². The Balaban J connectivity index is 2.44. The van der Waals surface area contributed by atoms with Crippen LogP contribution in [-0.2, 0) is 0 Å². The molecule has 0 heterocycles. The smallest absolute Gasteiger partial charge is 0.129 e. The molecule has 2 aromatic carbocycles. The first-order valence-electron chi connectivity index (χ1n) is 6.97. The molecule has 1 unspecified atom stereocenters. The van der Waals surface area contributed by atoms with Crippen LogP contribution in [0.3, 0.4) is 0 Å². The van der Waals surface area contributed by atoms with Crippen LogP contribution in [0.15, 0.2) is 40.9 Å². The van der Waals surface area contributed by atoms with Gasteiger partial charge in [0.2, 0.25) is 0 Å². The van der Waals surface area contributed by atoms with E-state index in [-0.39, 0.29) is 17.7 Å². The van der Waals surface area contributed by atoms with Crippen LogP contribution in [-0.4, -0.2) is 6.54 Å². The van der Waals surface area contributed by atoms with E-state index >= 15 is 0 Å². The summed E-state index contributed by atoms with van der Waals surface area (Å²) in [6.07, 6.45) is 0.920. The number of nitrogens with one attached hydrogen (secondary N) is 1. The summed E-state index contributed by atoms with van der Waals surface area (Å²) < 4.78 is 28.7. The third kappa shape index (κ3) is 3.89. The summed E-state index contributed by atoms with van der Waals surface area (Å²) in [5.41, 5.74) is 1.84. The van der Waals surface area contributed by atoms with Gasteiger partial charge in [0.15, 0.2) is 0 Å². The standard InChI is InChI=1S/C17H18BrF2N/c1-3-8-21-17(12-5-4-11(2)15(19)9-12)14-7-6-13(18)10-16(14)20/h4-7,9-10,17,21H,3,8H2,1-2H3. The fourth-order valence-corrected chi connectivity index (χ4v) is 2.55. The normalized spacial score (nSPS) is 12.4. The van der Waals surface area contributed by atoms with Crippen molar-refractivity contribution in [3.05, 3.63) is 69.2 Å². The average molecular weight is 354 g/mol. The fourth-order valence-electron chi connectivity index (χ4n) is 2.22. The Morgan fingerprint density at radius 3 is 2.48 bits per heavy atom. The lowest BCUT2D eigenvalue weighted by molar-refractivity contribution is 0.541. The zero-order valence-electron chi connectivity index (χ0n) is 12.1. The third-order valence-corrected chi connectivity index (χ3v) is 3.89. The molecule has 0 fully saturated rings. The Labute approximate surface area is 132 Å². The Bertz CT molecular complexity index is 628. The minimum atomic E-state index is -0.354. The maximum absolute atomic E-state index is 14.2. The first-order chi connectivity index (χ1) is 10.0. The maximum Gasteiger partial charge on any atom is 0.129 e. The monoisotopic (exact) mass is 353 g/mol. The minimum Gasteiger partial charge on any atom is -0.306 e. The second-order valence-corrected chi connectivity index (χ2v) is 5.98. The summed E-state index contributed by atoms with van der Waals surface area (Å²) >= 11 is 3.26. The van der Waals surface area contributed by atoms with Gasteiger partial charge in [-0.3, -0.25) is 0 Å². The van der Waals surface area contributed by atoms with Gasteiger partial charge in [-0.25, -0.2) is 8.78 Å². The Hall–Kier alpha value is -1.26. The molecule has 0 bridgehead atoms. The average Bonchev–Trinajstić information content (AvgIpc) is 2.44. The van der Waals surface area contributed by atoms with Gasteiger partial charge < -0.3 is 5.32 Å². The van der Waals surface area contributed by atoms with Gasteiger partial charge in [0.25, 0.3) is 0 Å². The predicted octanol–water partition coefficient (Wildman–Crippen LogP) is 5.12. The van der Waals surface area contributed by atoms with Crippen LogP contribution in [0.5, 0.6) is 0 Å². The van der Waals surface area contributed by atoms with E-state index in [1.54, 1.807) is 25.1 Å². The molecule has 0 aliphatic heterocycles. The summed E-state index contributed by atoms with van der Waals surface area (Å²) in [4.78, 5) is 0. The van der Waals surface area contributed by atoms with E-state index in [1.807, 2.05) is 13.0 Å². The lowest BCUT2D eigenvalue weighted by Crippen LogP contribution is -2.24. The van der Waals surface area contributed by atoms with Crippen molar-refractivity contribution in [1.82, 2.24) is 5.32 Å². The van der Waals surface area contributed by atoms with E-state index in [4.69, 9.17) is 0 Å². The lowest BCUT2D eigenvalue weighted by atomic mass is 9.97. The topological polar surface area (TPSA) is 12.0 Å². The van der Waals surface area contributed by atoms with E-state index < -0.39 is 0 Å². The zero-order valence-corrected chi connectivity index (χ0v) is 13.7. The molecule has 4 heteroatoms. The van der Waals surface area contributed by atoms with Gasteiger partial charge in [0.1, 0.15) is 11.6 Å². The van der Waals surface area contributed by atoms with Crippen molar-refractivity contribution >= 4 is 15.9 Å². The van der Waals surface area contributed by atoms with Crippen LogP contribution in [0.4, 0.5) is 8.78 Å². The molecule has 1 nitrogen and oxygen atoms in total. The van der Waals surface area contributed by atoms with E-state index in [9.17, 15) is 8.78 Å². The molecular formula is C17H18BrF2N. The molecule has 2 aromatic rings. The highest BCUT2D eigenvalue weighted by Crippen LogP contribution is 2.27. The minimum absolute atomic E-state index is 0.270. The highest BCUT2D eigenvalue weighted by molar-refractivity contribution is 9.10. The number of hydrogen-bond acceptors (Lipinski definition) is 1. The van der Waals surface area contributed by atoms with Gasteiger partial charge >= 0.3 is 0 Å². The van der Waals surface area contributed by atoms with Crippen molar-refractivity contribution in [3.8, 4) is 0 Å². The highest BCUT2D eigenvalue weighted by atomic mass is 79.9. The molecule has 0 radical (unpaired) electrons. The van der Waals surface area contributed by atoms with Crippen molar-refractivity contribution in [3.63, 3.8) is 0 Å². The summed E-state index contributed by atoms with van der Waals surface area (Å²) in [5, 5.41) is 3.29. The maximum atomic E-state index is 14.2. The van der Waals surface area contributed by atoms with Gasteiger partial charge in [-0.05, 0) is 49.2 Å². The number of aryl methyl sites for hydroxylation is 1. The molecule has 0 saturated heterocycles. The number of benzene rings is 2. The first kappa shape index (κ1) is 16.1. The second kappa shape index (κ2) is 7.14. The highest BCUT2D eigenvalue weighted by Gasteiger charge is 2.18. The number of hydrogen-bond donors (Lipinski definition) is 1. The molecule has 2 rings (SSSR count). The molecular weight excluding hydrogens is 336 g/mol. The molecule has 21 heavy (non-hydrogen) atoms. The van der Waals surface area contributed by atoms with Crippen molar-refractivity contribution in [2.75, 3.05) is 6.54 Å². The largest absolute Gasteiger partial charge is 0.306 e. The predicted molar refractivity (Wildman–Crippen MR) is 85.4 cm³/mol. The molecule has 1 N–H and O–H groups in total. The Morgan fingerprint density at radius 2 is 1.86 bits per heavy atom. The lowest BCUT2D eigenvalue weighted by Gasteiger charge is -2.21. The van der Waals surface area contributed by atoms with Crippen molar-refractivity contribution in [2.24, 2.45) is 0 Å². The van der Waals surface area contributed by atoms with E-state index in [2.05, 4.69) is 21.2 Å². The van der Waals surface area contributed by atoms with Gasteiger partial charge in [0, 0.05) is 10.0 Å². The molecule has 0 aromatic heterocycles. The second-order valence-electron chi connectivity index (χ2n) is 5.06. The summed E-state index contributed by atoms with van der Waals surface area (Å²) in [6, 6.07) is 9.64. The number of halogens is 3.